The van der Waals surface area contributed by atoms with Crippen molar-refractivity contribution in [3.05, 3.63) is 12.2 Å². The minimum absolute atomic E-state index is 0.217. The first-order chi connectivity index (χ1) is 8.31. The highest BCUT2D eigenvalue weighted by molar-refractivity contribution is 9.09. The number of fused-ring (bicyclic) bond motifs is 2. The summed E-state index contributed by atoms with van der Waals surface area (Å²) in [5.41, 5.74) is 0. The monoisotopic (exact) mass is 300 g/mol. The second-order valence-electron chi connectivity index (χ2n) is 5.65. The van der Waals surface area contributed by atoms with E-state index in [2.05, 4.69) is 28.1 Å². The SMILES string of the molecule is COCO[C@H]1C=C[C@@H]2O[C@@H]3[C@H](Br)[C@@H]4C[C@H]3[C@H]2[C@@H]41. The number of hydrogen-bond donors (Lipinski definition) is 0. The van der Waals surface area contributed by atoms with Crippen molar-refractivity contribution in [1.82, 2.24) is 0 Å². The molecule has 0 unspecified atom stereocenters. The summed E-state index contributed by atoms with van der Waals surface area (Å²) in [4.78, 5) is 0.521. The minimum Gasteiger partial charge on any atom is -0.369 e. The van der Waals surface area contributed by atoms with Crippen LogP contribution in [0.15, 0.2) is 12.2 Å². The van der Waals surface area contributed by atoms with E-state index in [4.69, 9.17) is 14.2 Å². The van der Waals surface area contributed by atoms with Crippen LogP contribution in [0.3, 0.4) is 0 Å². The molecule has 0 radical (unpaired) electrons. The fourth-order valence-corrected chi connectivity index (χ4v) is 5.67. The molecule has 17 heavy (non-hydrogen) atoms. The van der Waals surface area contributed by atoms with Gasteiger partial charge in [0.1, 0.15) is 6.79 Å². The predicted molar refractivity (Wildman–Crippen MR) is 65.8 cm³/mol. The molecule has 0 amide bonds. The molecule has 8 atom stereocenters. The summed E-state index contributed by atoms with van der Waals surface area (Å²) in [5.74, 6) is 2.77. The van der Waals surface area contributed by atoms with E-state index < -0.39 is 0 Å². The normalized spacial score (nSPS) is 58.0. The summed E-state index contributed by atoms with van der Waals surface area (Å²) in [6.07, 6.45) is 6.70. The Balaban J connectivity index is 1.65. The average Bonchev–Trinajstić information content (AvgIpc) is 2.95. The Kier molecular flexibility index (Phi) is 2.45. The van der Waals surface area contributed by atoms with Gasteiger partial charge in [-0.2, -0.15) is 0 Å². The zero-order valence-electron chi connectivity index (χ0n) is 9.79. The number of hydrogen-bond acceptors (Lipinski definition) is 3. The molecule has 4 heteroatoms. The molecule has 4 aliphatic rings. The molecular weight excluding hydrogens is 284 g/mol. The molecular formula is C13H17BrO3. The van der Waals surface area contributed by atoms with Crippen LogP contribution < -0.4 is 0 Å². The van der Waals surface area contributed by atoms with E-state index in [0.717, 1.165) is 5.92 Å². The zero-order chi connectivity index (χ0) is 11.6. The first-order valence-electron chi connectivity index (χ1n) is 6.39. The van der Waals surface area contributed by atoms with E-state index in [1.807, 2.05) is 0 Å². The van der Waals surface area contributed by atoms with Gasteiger partial charge in [0.25, 0.3) is 0 Å². The van der Waals surface area contributed by atoms with Gasteiger partial charge < -0.3 is 14.2 Å². The number of rotatable bonds is 3. The molecule has 0 aromatic rings. The van der Waals surface area contributed by atoms with E-state index in [0.29, 0.717) is 41.6 Å². The lowest BCUT2D eigenvalue weighted by Crippen LogP contribution is -2.42. The quantitative estimate of drug-likeness (QED) is 0.453. The molecule has 3 aliphatic carbocycles. The third-order valence-electron chi connectivity index (χ3n) is 5.06. The molecule has 3 fully saturated rings. The van der Waals surface area contributed by atoms with E-state index in [1.54, 1.807) is 7.11 Å². The van der Waals surface area contributed by atoms with Crippen LogP contribution in [0.1, 0.15) is 6.42 Å². The molecule has 2 saturated carbocycles. The standard InChI is InChI=1S/C13H17BrO3/c1-15-5-16-8-2-3-9-11-7-4-6(10(8)11)12(14)13(7)17-9/h2-3,6-13H,4-5H2,1H3/t6-,7+,8+,9+,10+,11-,12-,13+/m1/s1. The molecule has 0 aromatic carbocycles. The van der Waals surface area contributed by atoms with Crippen molar-refractivity contribution in [2.75, 3.05) is 13.9 Å². The summed E-state index contributed by atoms with van der Waals surface area (Å²) in [5, 5.41) is 0. The van der Waals surface area contributed by atoms with Crippen LogP contribution in [-0.2, 0) is 14.2 Å². The van der Waals surface area contributed by atoms with Crippen LogP contribution >= 0.6 is 15.9 Å². The third kappa shape index (κ3) is 1.33. The summed E-state index contributed by atoms with van der Waals surface area (Å²) in [6, 6.07) is 0. The highest BCUT2D eigenvalue weighted by atomic mass is 79.9. The maximum absolute atomic E-state index is 6.15. The fraction of sp³-hybridized carbons (Fsp3) is 0.846. The lowest BCUT2D eigenvalue weighted by Gasteiger charge is -2.37. The number of halogens is 1. The molecule has 1 saturated heterocycles. The van der Waals surface area contributed by atoms with Crippen molar-refractivity contribution < 1.29 is 14.2 Å². The van der Waals surface area contributed by atoms with Crippen LogP contribution in [0.25, 0.3) is 0 Å². The van der Waals surface area contributed by atoms with Gasteiger partial charge in [0.05, 0.1) is 18.3 Å². The second-order valence-corrected chi connectivity index (χ2v) is 6.71. The molecule has 4 rings (SSSR count). The Labute approximate surface area is 110 Å². The Hall–Kier alpha value is 0.100. The predicted octanol–water partition coefficient (Wildman–Crippen LogP) is 1.96. The summed E-state index contributed by atoms with van der Waals surface area (Å²) in [6.45, 7) is 0.386. The van der Waals surface area contributed by atoms with Gasteiger partial charge in [-0.3, -0.25) is 0 Å². The molecule has 0 spiro atoms. The highest BCUT2D eigenvalue weighted by Gasteiger charge is 2.66. The number of alkyl halides is 1. The average molecular weight is 301 g/mol. The molecule has 94 valence electrons. The smallest absolute Gasteiger partial charge is 0.147 e. The maximum Gasteiger partial charge on any atom is 0.147 e. The van der Waals surface area contributed by atoms with Gasteiger partial charge >= 0.3 is 0 Å². The Bertz CT molecular complexity index is 359. The Morgan fingerprint density at radius 1 is 1.29 bits per heavy atom. The van der Waals surface area contributed by atoms with E-state index in [-0.39, 0.29) is 6.10 Å². The van der Waals surface area contributed by atoms with Gasteiger partial charge in [0.15, 0.2) is 0 Å². The molecule has 1 heterocycles. The van der Waals surface area contributed by atoms with Crippen molar-refractivity contribution >= 4 is 15.9 Å². The second kappa shape index (κ2) is 3.80. The molecule has 1 aliphatic heterocycles. The van der Waals surface area contributed by atoms with Crippen molar-refractivity contribution in [2.24, 2.45) is 23.7 Å². The first-order valence-corrected chi connectivity index (χ1v) is 7.31. The lowest BCUT2D eigenvalue weighted by molar-refractivity contribution is -0.0901. The molecule has 3 nitrogen and oxygen atoms in total. The summed E-state index contributed by atoms with van der Waals surface area (Å²) >= 11 is 3.84. The highest BCUT2D eigenvalue weighted by Crippen LogP contribution is 2.64. The van der Waals surface area contributed by atoms with Crippen molar-refractivity contribution in [2.45, 2.75) is 29.6 Å². The van der Waals surface area contributed by atoms with Gasteiger partial charge in [-0.25, -0.2) is 0 Å². The Morgan fingerprint density at radius 2 is 2.18 bits per heavy atom. The molecule has 0 aromatic heterocycles. The van der Waals surface area contributed by atoms with Gasteiger partial charge in [0, 0.05) is 11.9 Å². The third-order valence-corrected chi connectivity index (χ3v) is 6.26. The molecule has 0 N–H and O–H groups in total. The van der Waals surface area contributed by atoms with Gasteiger partial charge in [-0.05, 0) is 30.1 Å². The van der Waals surface area contributed by atoms with Crippen molar-refractivity contribution in [3.63, 3.8) is 0 Å². The van der Waals surface area contributed by atoms with Gasteiger partial charge in [0.2, 0.25) is 0 Å². The van der Waals surface area contributed by atoms with Crippen LogP contribution in [0.5, 0.6) is 0 Å². The topological polar surface area (TPSA) is 27.7 Å². The van der Waals surface area contributed by atoms with Crippen molar-refractivity contribution in [1.29, 1.82) is 0 Å². The lowest BCUT2D eigenvalue weighted by atomic mass is 9.72. The molecule has 2 bridgehead atoms. The summed E-state index contributed by atoms with van der Waals surface area (Å²) in [7, 11) is 1.68. The van der Waals surface area contributed by atoms with Crippen molar-refractivity contribution in [3.8, 4) is 0 Å². The zero-order valence-corrected chi connectivity index (χ0v) is 11.4. The van der Waals surface area contributed by atoms with Crippen LogP contribution in [0.4, 0.5) is 0 Å². The maximum atomic E-state index is 6.15. The van der Waals surface area contributed by atoms with Gasteiger partial charge in [-0.15, -0.1) is 0 Å². The van der Waals surface area contributed by atoms with E-state index in [9.17, 15) is 0 Å². The largest absolute Gasteiger partial charge is 0.369 e. The summed E-state index contributed by atoms with van der Waals surface area (Å²) < 4.78 is 17.0. The van der Waals surface area contributed by atoms with Gasteiger partial charge in [-0.1, -0.05) is 28.1 Å². The van der Waals surface area contributed by atoms with E-state index in [1.165, 1.54) is 6.42 Å². The first kappa shape index (κ1) is 11.0. The fourth-order valence-electron chi connectivity index (χ4n) is 4.58. The van der Waals surface area contributed by atoms with Crippen LogP contribution in [0, 0.1) is 23.7 Å². The van der Waals surface area contributed by atoms with E-state index >= 15 is 0 Å². The minimum atomic E-state index is 0.217. The van der Waals surface area contributed by atoms with Crippen LogP contribution in [-0.4, -0.2) is 37.0 Å². The Morgan fingerprint density at radius 3 is 3.00 bits per heavy atom. The van der Waals surface area contributed by atoms with Crippen LogP contribution in [0.2, 0.25) is 0 Å². The number of ether oxygens (including phenoxy) is 3. The number of methoxy groups -OCH3 is 1.